The van der Waals surface area contributed by atoms with Crippen molar-refractivity contribution in [2.24, 2.45) is 5.10 Å². The Balaban J connectivity index is 1.75. The first-order chi connectivity index (χ1) is 13.3. The summed E-state index contributed by atoms with van der Waals surface area (Å²) in [6.45, 7) is 0. The van der Waals surface area contributed by atoms with E-state index in [0.717, 1.165) is 16.8 Å². The molecule has 0 bridgehead atoms. The van der Waals surface area contributed by atoms with Gasteiger partial charge in [0.1, 0.15) is 0 Å². The molecule has 1 aliphatic rings. The molecule has 1 aliphatic heterocycles. The average Bonchev–Trinajstić information content (AvgIpc) is 2.94. The van der Waals surface area contributed by atoms with E-state index < -0.39 is 15.8 Å². The highest BCUT2D eigenvalue weighted by molar-refractivity contribution is 8.26. The van der Waals surface area contributed by atoms with Crippen molar-refractivity contribution in [3.05, 3.63) is 84.8 Å². The Morgan fingerprint density at radius 2 is 1.43 bits per heavy atom. The van der Waals surface area contributed by atoms with Crippen molar-refractivity contribution in [1.82, 2.24) is 5.01 Å². The molecule has 0 N–H and O–H groups in total. The number of hydrazone groups is 1. The van der Waals surface area contributed by atoms with Gasteiger partial charge in [-0.2, -0.15) is 10.1 Å². The lowest BCUT2D eigenvalue weighted by Gasteiger charge is -2.05. The van der Waals surface area contributed by atoms with E-state index >= 15 is 0 Å². The van der Waals surface area contributed by atoms with Gasteiger partial charge in [-0.3, -0.25) is 25.0 Å². The Bertz CT molecular complexity index is 1030. The number of nitro groups is 2. The van der Waals surface area contributed by atoms with Crippen molar-refractivity contribution in [2.45, 2.75) is 0 Å². The minimum Gasteiger partial charge on any atom is -0.266 e. The second kappa shape index (κ2) is 8.06. The van der Waals surface area contributed by atoms with Crippen LogP contribution in [0.5, 0.6) is 0 Å². The number of hydrogen-bond donors (Lipinski definition) is 0. The summed E-state index contributed by atoms with van der Waals surface area (Å²) in [5, 5.41) is 26.5. The molecule has 1 amide bonds. The molecule has 0 radical (unpaired) electrons. The molecule has 0 saturated carbocycles. The minimum absolute atomic E-state index is 0.0441. The van der Waals surface area contributed by atoms with Gasteiger partial charge in [-0.25, -0.2) is 0 Å². The molecule has 0 aliphatic carbocycles. The number of nitrogens with zero attached hydrogens (tertiary/aromatic N) is 4. The lowest BCUT2D eigenvalue weighted by Crippen LogP contribution is -2.22. The molecule has 0 atom stereocenters. The molecule has 28 heavy (non-hydrogen) atoms. The summed E-state index contributed by atoms with van der Waals surface area (Å²) in [4.78, 5) is 33.2. The summed E-state index contributed by atoms with van der Waals surface area (Å²) in [6, 6.07) is 11.4. The lowest BCUT2D eigenvalue weighted by atomic mass is 10.2. The van der Waals surface area contributed by atoms with Gasteiger partial charge in [0.05, 0.1) is 21.0 Å². The first kappa shape index (κ1) is 19.3. The van der Waals surface area contributed by atoms with Gasteiger partial charge >= 0.3 is 0 Å². The zero-order valence-corrected chi connectivity index (χ0v) is 15.6. The fraction of sp³-hybridized carbons (Fsp3) is 0. The smallest absolute Gasteiger partial charge is 0.266 e. The average molecular weight is 414 g/mol. The van der Waals surface area contributed by atoms with Crippen molar-refractivity contribution in [2.75, 3.05) is 0 Å². The van der Waals surface area contributed by atoms with E-state index in [2.05, 4.69) is 5.10 Å². The number of thiocarbonyl (C=S) groups is 1. The van der Waals surface area contributed by atoms with Gasteiger partial charge in [0.15, 0.2) is 4.32 Å². The number of thioether (sulfide) groups is 1. The quantitative estimate of drug-likeness (QED) is 0.240. The molecule has 11 heteroatoms. The Morgan fingerprint density at radius 1 is 0.929 bits per heavy atom. The van der Waals surface area contributed by atoms with Crippen molar-refractivity contribution < 1.29 is 14.6 Å². The van der Waals surface area contributed by atoms with E-state index in [-0.39, 0.29) is 15.7 Å². The van der Waals surface area contributed by atoms with Crippen LogP contribution in [0.1, 0.15) is 11.1 Å². The van der Waals surface area contributed by atoms with Crippen LogP contribution in [-0.2, 0) is 4.79 Å². The predicted molar refractivity (Wildman–Crippen MR) is 109 cm³/mol. The highest BCUT2D eigenvalue weighted by atomic mass is 32.2. The monoisotopic (exact) mass is 414 g/mol. The summed E-state index contributed by atoms with van der Waals surface area (Å²) in [5.74, 6) is -0.425. The van der Waals surface area contributed by atoms with Crippen molar-refractivity contribution in [3.8, 4) is 0 Å². The van der Waals surface area contributed by atoms with Gasteiger partial charge in [-0.1, -0.05) is 11.8 Å². The van der Waals surface area contributed by atoms with Crippen LogP contribution in [0.25, 0.3) is 6.08 Å². The summed E-state index contributed by atoms with van der Waals surface area (Å²) < 4.78 is 0.233. The summed E-state index contributed by atoms with van der Waals surface area (Å²) in [5.41, 5.74) is 1.09. The minimum atomic E-state index is -0.508. The first-order valence-corrected chi connectivity index (χ1v) is 8.88. The fourth-order valence-electron chi connectivity index (χ4n) is 2.21. The Hall–Kier alpha value is -3.44. The number of carbonyl (C=O) groups is 1. The van der Waals surface area contributed by atoms with Crippen LogP contribution in [0.3, 0.4) is 0 Å². The van der Waals surface area contributed by atoms with E-state index in [9.17, 15) is 25.0 Å². The molecule has 0 aromatic heterocycles. The number of amides is 1. The zero-order chi connectivity index (χ0) is 20.3. The van der Waals surface area contributed by atoms with E-state index in [4.69, 9.17) is 12.2 Å². The number of benzene rings is 2. The SMILES string of the molecule is O=C1/C(=C\c2ccc([N+](=O)[O-])cc2)SC(=S)N1/N=C/c1ccc([N+](=O)[O-])cc1. The largest absolute Gasteiger partial charge is 0.286 e. The van der Waals surface area contributed by atoms with E-state index in [1.807, 2.05) is 0 Å². The molecule has 2 aromatic carbocycles. The standard InChI is InChI=1S/C17H10N4O5S2/c22-16-15(9-11-1-5-13(6-2-11)20(23)24)28-17(27)19(16)18-10-12-3-7-14(8-4-12)21(25)26/h1-10H/b15-9+,18-10+. The molecule has 3 rings (SSSR count). The molecule has 0 unspecified atom stereocenters. The lowest BCUT2D eigenvalue weighted by molar-refractivity contribution is -0.385. The summed E-state index contributed by atoms with van der Waals surface area (Å²) >= 11 is 6.23. The third-order valence-electron chi connectivity index (χ3n) is 3.60. The predicted octanol–water partition coefficient (Wildman–Crippen LogP) is 3.74. The molecular formula is C17H10N4O5S2. The second-order valence-corrected chi connectivity index (χ2v) is 7.11. The van der Waals surface area contributed by atoms with Crippen LogP contribution in [0.4, 0.5) is 11.4 Å². The summed E-state index contributed by atoms with van der Waals surface area (Å²) in [7, 11) is 0. The van der Waals surface area contributed by atoms with Gasteiger partial charge in [-0.05, 0) is 53.7 Å². The van der Waals surface area contributed by atoms with Crippen LogP contribution < -0.4 is 0 Å². The maximum absolute atomic E-state index is 12.5. The second-order valence-electron chi connectivity index (χ2n) is 5.44. The highest BCUT2D eigenvalue weighted by Gasteiger charge is 2.32. The summed E-state index contributed by atoms with van der Waals surface area (Å²) in [6.07, 6.45) is 2.95. The molecule has 1 heterocycles. The number of carbonyl (C=O) groups excluding carboxylic acids is 1. The normalized spacial score (nSPS) is 15.6. The van der Waals surface area contributed by atoms with Crippen molar-refractivity contribution in [1.29, 1.82) is 0 Å². The van der Waals surface area contributed by atoms with Crippen LogP contribution in [0, 0.1) is 20.2 Å². The first-order valence-electron chi connectivity index (χ1n) is 7.66. The van der Waals surface area contributed by atoms with Crippen LogP contribution in [0.2, 0.25) is 0 Å². The van der Waals surface area contributed by atoms with E-state index in [1.54, 1.807) is 6.08 Å². The third kappa shape index (κ3) is 4.27. The van der Waals surface area contributed by atoms with Crippen LogP contribution in [-0.4, -0.2) is 31.3 Å². The molecular weight excluding hydrogens is 404 g/mol. The van der Waals surface area contributed by atoms with Gasteiger partial charge in [0, 0.05) is 24.3 Å². The Morgan fingerprint density at radius 3 is 1.93 bits per heavy atom. The number of nitro benzene ring substituents is 2. The van der Waals surface area contributed by atoms with Gasteiger partial charge < -0.3 is 0 Å². The van der Waals surface area contributed by atoms with E-state index in [0.29, 0.717) is 16.0 Å². The van der Waals surface area contributed by atoms with Crippen LogP contribution >= 0.6 is 24.0 Å². The fourth-order valence-corrected chi connectivity index (χ4v) is 3.38. The van der Waals surface area contributed by atoms with Crippen molar-refractivity contribution in [3.63, 3.8) is 0 Å². The maximum atomic E-state index is 12.5. The topological polar surface area (TPSA) is 119 Å². The molecule has 2 aromatic rings. The molecule has 0 spiro atoms. The Kier molecular flexibility index (Phi) is 5.57. The number of non-ortho nitro benzene ring substituents is 2. The van der Waals surface area contributed by atoms with Crippen molar-refractivity contribution >= 4 is 57.9 Å². The molecule has 1 fully saturated rings. The van der Waals surface area contributed by atoms with Gasteiger partial charge in [0.2, 0.25) is 0 Å². The zero-order valence-electron chi connectivity index (χ0n) is 13.9. The third-order valence-corrected chi connectivity index (χ3v) is 4.88. The van der Waals surface area contributed by atoms with Crippen LogP contribution in [0.15, 0.2) is 58.5 Å². The Labute approximate surface area is 167 Å². The maximum Gasteiger partial charge on any atom is 0.286 e. The molecule has 1 saturated heterocycles. The van der Waals surface area contributed by atoms with Gasteiger partial charge in [-0.15, -0.1) is 0 Å². The van der Waals surface area contributed by atoms with Gasteiger partial charge in [0.25, 0.3) is 17.3 Å². The molecule has 9 nitrogen and oxygen atoms in total. The molecule has 140 valence electrons. The highest BCUT2D eigenvalue weighted by Crippen LogP contribution is 2.33. The van der Waals surface area contributed by atoms with E-state index in [1.165, 1.54) is 54.7 Å². The number of rotatable bonds is 5. The number of hydrogen-bond acceptors (Lipinski definition) is 8.